The van der Waals surface area contributed by atoms with E-state index in [0.29, 0.717) is 6.54 Å². The summed E-state index contributed by atoms with van der Waals surface area (Å²) in [5.74, 6) is -0.173. The lowest BCUT2D eigenvalue weighted by Gasteiger charge is -2.36. The first-order chi connectivity index (χ1) is 8.50. The molecule has 1 fully saturated rings. The van der Waals surface area contributed by atoms with Crippen LogP contribution in [0.3, 0.4) is 0 Å². The van der Waals surface area contributed by atoms with Crippen LogP contribution in [0.1, 0.15) is 46.0 Å². The third-order valence-electron chi connectivity index (χ3n) is 3.62. The van der Waals surface area contributed by atoms with E-state index >= 15 is 0 Å². The molecule has 0 saturated heterocycles. The third-order valence-corrected chi connectivity index (χ3v) is 3.62. The molecule has 104 valence electrons. The SMILES string of the molecule is CNC(C)CNC(=O)C1(NC(C)=O)CCCCC1. The highest BCUT2D eigenvalue weighted by atomic mass is 16.2. The van der Waals surface area contributed by atoms with Gasteiger partial charge in [-0.2, -0.15) is 0 Å². The Morgan fingerprint density at radius 1 is 1.22 bits per heavy atom. The number of carbonyl (C=O) groups is 2. The van der Waals surface area contributed by atoms with Crippen molar-refractivity contribution in [1.82, 2.24) is 16.0 Å². The number of nitrogens with one attached hydrogen (secondary N) is 3. The molecule has 0 heterocycles. The fraction of sp³-hybridized carbons (Fsp3) is 0.846. The second kappa shape index (κ2) is 6.73. The van der Waals surface area contributed by atoms with E-state index in [-0.39, 0.29) is 17.9 Å². The summed E-state index contributed by atoms with van der Waals surface area (Å²) in [4.78, 5) is 23.6. The van der Waals surface area contributed by atoms with Gasteiger partial charge in [-0.1, -0.05) is 19.3 Å². The molecule has 2 amide bonds. The molecule has 1 unspecified atom stereocenters. The Morgan fingerprint density at radius 3 is 2.33 bits per heavy atom. The molecule has 0 aromatic carbocycles. The van der Waals surface area contributed by atoms with E-state index in [9.17, 15) is 9.59 Å². The minimum Gasteiger partial charge on any atom is -0.353 e. The monoisotopic (exact) mass is 255 g/mol. The molecule has 1 aliphatic rings. The zero-order chi connectivity index (χ0) is 13.6. The Bertz CT molecular complexity index is 299. The second-order valence-electron chi connectivity index (χ2n) is 5.22. The molecule has 5 heteroatoms. The minimum atomic E-state index is -0.683. The third kappa shape index (κ3) is 3.98. The topological polar surface area (TPSA) is 70.2 Å². The van der Waals surface area contributed by atoms with E-state index in [1.807, 2.05) is 14.0 Å². The van der Waals surface area contributed by atoms with Gasteiger partial charge in [0, 0.05) is 19.5 Å². The van der Waals surface area contributed by atoms with Gasteiger partial charge in [0.1, 0.15) is 5.54 Å². The highest BCUT2D eigenvalue weighted by Crippen LogP contribution is 2.28. The van der Waals surface area contributed by atoms with Gasteiger partial charge in [-0.25, -0.2) is 0 Å². The van der Waals surface area contributed by atoms with Crippen molar-refractivity contribution < 1.29 is 9.59 Å². The summed E-state index contributed by atoms with van der Waals surface area (Å²) in [5.41, 5.74) is -0.683. The normalized spacial score (nSPS) is 19.9. The van der Waals surface area contributed by atoms with E-state index in [1.165, 1.54) is 6.92 Å². The molecule has 18 heavy (non-hydrogen) atoms. The number of likely N-dealkylation sites (N-methyl/N-ethyl adjacent to an activating group) is 1. The fourth-order valence-corrected chi connectivity index (χ4v) is 2.42. The smallest absolute Gasteiger partial charge is 0.245 e. The van der Waals surface area contributed by atoms with Crippen LogP contribution in [0.5, 0.6) is 0 Å². The van der Waals surface area contributed by atoms with Crippen molar-refractivity contribution >= 4 is 11.8 Å². The molecule has 1 atom stereocenters. The highest BCUT2D eigenvalue weighted by molar-refractivity contribution is 5.91. The summed E-state index contributed by atoms with van der Waals surface area (Å²) in [6.07, 6.45) is 4.62. The Hall–Kier alpha value is -1.10. The van der Waals surface area contributed by atoms with Crippen LogP contribution in [-0.2, 0) is 9.59 Å². The Kier molecular flexibility index (Phi) is 5.59. The first kappa shape index (κ1) is 15.0. The molecule has 3 N–H and O–H groups in total. The van der Waals surface area contributed by atoms with Gasteiger partial charge < -0.3 is 16.0 Å². The number of hydrogen-bond donors (Lipinski definition) is 3. The van der Waals surface area contributed by atoms with Gasteiger partial charge in [0.25, 0.3) is 0 Å². The Balaban J connectivity index is 2.64. The largest absolute Gasteiger partial charge is 0.353 e. The van der Waals surface area contributed by atoms with Gasteiger partial charge in [-0.05, 0) is 26.8 Å². The standard InChI is InChI=1S/C13H25N3O2/c1-10(14-3)9-15-12(18)13(16-11(2)17)7-5-4-6-8-13/h10,14H,4-9H2,1-3H3,(H,15,18)(H,16,17). The second-order valence-corrected chi connectivity index (χ2v) is 5.22. The van der Waals surface area contributed by atoms with E-state index in [2.05, 4.69) is 16.0 Å². The average molecular weight is 255 g/mol. The maximum absolute atomic E-state index is 12.3. The summed E-state index contributed by atoms with van der Waals surface area (Å²) < 4.78 is 0. The minimum absolute atomic E-state index is 0.0421. The van der Waals surface area contributed by atoms with E-state index in [1.54, 1.807) is 0 Å². The van der Waals surface area contributed by atoms with Crippen molar-refractivity contribution in [1.29, 1.82) is 0 Å². The fourth-order valence-electron chi connectivity index (χ4n) is 2.42. The van der Waals surface area contributed by atoms with Gasteiger partial charge in [0.05, 0.1) is 0 Å². The molecule has 0 spiro atoms. The molecule has 0 radical (unpaired) electrons. The lowest BCUT2D eigenvalue weighted by Crippen LogP contribution is -2.60. The van der Waals surface area contributed by atoms with Crippen molar-refractivity contribution in [2.45, 2.75) is 57.5 Å². The van der Waals surface area contributed by atoms with Crippen molar-refractivity contribution in [2.24, 2.45) is 0 Å². The molecule has 5 nitrogen and oxygen atoms in total. The van der Waals surface area contributed by atoms with Crippen molar-refractivity contribution in [3.8, 4) is 0 Å². The predicted octanol–water partition coefficient (Wildman–Crippen LogP) is 0.549. The molecular weight excluding hydrogens is 230 g/mol. The van der Waals surface area contributed by atoms with Gasteiger partial charge in [-0.3, -0.25) is 9.59 Å². The highest BCUT2D eigenvalue weighted by Gasteiger charge is 2.39. The molecule has 0 bridgehead atoms. The molecule has 0 aromatic heterocycles. The Morgan fingerprint density at radius 2 is 1.83 bits per heavy atom. The van der Waals surface area contributed by atoms with Gasteiger partial charge >= 0.3 is 0 Å². The van der Waals surface area contributed by atoms with Crippen LogP contribution in [0, 0.1) is 0 Å². The van der Waals surface area contributed by atoms with Crippen LogP contribution in [0.2, 0.25) is 0 Å². The summed E-state index contributed by atoms with van der Waals surface area (Å²) in [6, 6.07) is 0.229. The van der Waals surface area contributed by atoms with Crippen LogP contribution < -0.4 is 16.0 Å². The summed E-state index contributed by atoms with van der Waals surface area (Å²) in [7, 11) is 1.86. The zero-order valence-corrected chi connectivity index (χ0v) is 11.6. The molecule has 1 aliphatic carbocycles. The average Bonchev–Trinajstić information content (AvgIpc) is 2.35. The van der Waals surface area contributed by atoms with E-state index in [0.717, 1.165) is 32.1 Å². The number of hydrogen-bond acceptors (Lipinski definition) is 3. The molecular formula is C13H25N3O2. The maximum atomic E-state index is 12.3. The van der Waals surface area contributed by atoms with Crippen LogP contribution in [0.25, 0.3) is 0 Å². The molecule has 1 rings (SSSR count). The molecule has 1 saturated carbocycles. The van der Waals surface area contributed by atoms with Gasteiger partial charge in [0.2, 0.25) is 11.8 Å². The lowest BCUT2D eigenvalue weighted by atomic mass is 9.80. The van der Waals surface area contributed by atoms with Crippen molar-refractivity contribution in [3.63, 3.8) is 0 Å². The first-order valence-corrected chi connectivity index (χ1v) is 6.74. The molecule has 0 aromatic rings. The predicted molar refractivity (Wildman–Crippen MR) is 71.2 cm³/mol. The number of amides is 2. The summed E-state index contributed by atoms with van der Waals surface area (Å²) >= 11 is 0. The molecule has 0 aliphatic heterocycles. The van der Waals surface area contributed by atoms with Crippen LogP contribution in [0.15, 0.2) is 0 Å². The maximum Gasteiger partial charge on any atom is 0.245 e. The Labute approximate surface area is 109 Å². The van der Waals surface area contributed by atoms with Crippen LogP contribution in [0.4, 0.5) is 0 Å². The number of carbonyl (C=O) groups excluding carboxylic acids is 2. The quantitative estimate of drug-likeness (QED) is 0.672. The summed E-state index contributed by atoms with van der Waals surface area (Å²) in [5, 5.41) is 8.87. The number of rotatable bonds is 5. The van der Waals surface area contributed by atoms with E-state index < -0.39 is 5.54 Å². The lowest BCUT2D eigenvalue weighted by molar-refractivity contribution is -0.134. The zero-order valence-electron chi connectivity index (χ0n) is 11.6. The summed E-state index contributed by atoms with van der Waals surface area (Å²) in [6.45, 7) is 4.06. The van der Waals surface area contributed by atoms with Gasteiger partial charge in [0.15, 0.2) is 0 Å². The first-order valence-electron chi connectivity index (χ1n) is 6.74. The van der Waals surface area contributed by atoms with Crippen LogP contribution >= 0.6 is 0 Å². The van der Waals surface area contributed by atoms with E-state index in [4.69, 9.17) is 0 Å². The van der Waals surface area contributed by atoms with Gasteiger partial charge in [-0.15, -0.1) is 0 Å². The van der Waals surface area contributed by atoms with Crippen molar-refractivity contribution in [2.75, 3.05) is 13.6 Å². The van der Waals surface area contributed by atoms with Crippen LogP contribution in [-0.4, -0.2) is 37.0 Å². The van der Waals surface area contributed by atoms with Crippen molar-refractivity contribution in [3.05, 3.63) is 0 Å².